The summed E-state index contributed by atoms with van der Waals surface area (Å²) in [5.41, 5.74) is 3.39. The smallest absolute Gasteiger partial charge is 0.327 e. The lowest BCUT2D eigenvalue weighted by Crippen LogP contribution is -2.51. The molecule has 0 radical (unpaired) electrons. The zero-order valence-corrected chi connectivity index (χ0v) is 18.1. The maximum absolute atomic E-state index is 13.4. The van der Waals surface area contributed by atoms with Gasteiger partial charge >= 0.3 is 12.0 Å². The molecule has 0 atom stereocenters. The molecule has 1 aliphatic carbocycles. The molecule has 1 fully saturated rings. The molecule has 2 amide bonds. The number of hydrogen-bond donors (Lipinski definition) is 2. The minimum atomic E-state index is -0.819. The molecular formula is C25H26N4O3. The Morgan fingerprint density at radius 1 is 1.03 bits per heavy atom. The number of nitrogens with one attached hydrogen (secondary N) is 1. The molecule has 0 aliphatic heterocycles. The maximum Gasteiger partial charge on any atom is 0.327 e. The fourth-order valence-electron chi connectivity index (χ4n) is 4.01. The zero-order chi connectivity index (χ0) is 22.7. The molecule has 1 saturated carbocycles. The first-order valence-electron chi connectivity index (χ1n) is 10.7. The van der Waals surface area contributed by atoms with Crippen molar-refractivity contribution in [3.8, 4) is 11.3 Å². The van der Waals surface area contributed by atoms with Gasteiger partial charge in [-0.1, -0.05) is 62.4 Å². The number of carbonyl (C=O) groups is 2. The molecule has 0 bridgehead atoms. The molecule has 1 aromatic heterocycles. The van der Waals surface area contributed by atoms with Crippen molar-refractivity contribution in [2.24, 2.45) is 5.92 Å². The van der Waals surface area contributed by atoms with Crippen molar-refractivity contribution in [1.29, 1.82) is 0 Å². The fourth-order valence-corrected chi connectivity index (χ4v) is 4.01. The number of rotatable bonds is 6. The van der Waals surface area contributed by atoms with E-state index in [0.29, 0.717) is 24.4 Å². The van der Waals surface area contributed by atoms with E-state index < -0.39 is 11.9 Å². The number of aliphatic carboxylic acids is 1. The largest absolute Gasteiger partial charge is 0.481 e. The first kappa shape index (κ1) is 21.5. The van der Waals surface area contributed by atoms with Crippen molar-refractivity contribution < 1.29 is 14.7 Å². The lowest BCUT2D eigenvalue weighted by molar-refractivity contribution is -0.145. The molecule has 7 heteroatoms. The van der Waals surface area contributed by atoms with Gasteiger partial charge in [0.25, 0.3) is 0 Å². The van der Waals surface area contributed by atoms with E-state index in [9.17, 15) is 14.7 Å². The SMILES string of the molecule is CC(C)c1ccccc1N(C(=O)Nc1cncc(-c2ccccc2)n1)[C@H]1C[C@H](C(=O)O)C1. The van der Waals surface area contributed by atoms with Gasteiger partial charge in [-0.25, -0.2) is 9.78 Å². The summed E-state index contributed by atoms with van der Waals surface area (Å²) in [5.74, 6) is -0.696. The van der Waals surface area contributed by atoms with Gasteiger partial charge in [0.1, 0.15) is 0 Å². The van der Waals surface area contributed by atoms with Gasteiger partial charge in [-0.15, -0.1) is 0 Å². The Morgan fingerprint density at radius 2 is 1.72 bits per heavy atom. The Bertz CT molecular complexity index is 1110. The third-order valence-electron chi connectivity index (χ3n) is 5.80. The van der Waals surface area contributed by atoms with E-state index in [1.165, 1.54) is 6.20 Å². The number of carboxylic acid groups (broad SMARTS) is 1. The molecule has 0 unspecified atom stereocenters. The van der Waals surface area contributed by atoms with Crippen LogP contribution in [0.5, 0.6) is 0 Å². The van der Waals surface area contributed by atoms with Crippen molar-refractivity contribution in [3.05, 3.63) is 72.6 Å². The highest BCUT2D eigenvalue weighted by atomic mass is 16.4. The van der Waals surface area contributed by atoms with Gasteiger partial charge in [-0.3, -0.25) is 20.0 Å². The van der Waals surface area contributed by atoms with Gasteiger partial charge in [0, 0.05) is 17.3 Å². The Balaban J connectivity index is 1.62. The molecular weight excluding hydrogens is 404 g/mol. The number of carbonyl (C=O) groups excluding carboxylic acids is 1. The number of para-hydroxylation sites is 1. The zero-order valence-electron chi connectivity index (χ0n) is 18.1. The lowest BCUT2D eigenvalue weighted by atomic mass is 9.79. The Labute approximate surface area is 187 Å². The van der Waals surface area contributed by atoms with Crippen molar-refractivity contribution >= 4 is 23.5 Å². The Morgan fingerprint density at radius 3 is 2.41 bits per heavy atom. The normalized spacial score (nSPS) is 17.5. The van der Waals surface area contributed by atoms with E-state index in [2.05, 4.69) is 29.1 Å². The van der Waals surface area contributed by atoms with E-state index in [1.807, 2.05) is 54.6 Å². The van der Waals surface area contributed by atoms with Crippen molar-refractivity contribution in [3.63, 3.8) is 0 Å². The second-order valence-electron chi connectivity index (χ2n) is 8.33. The van der Waals surface area contributed by atoms with Gasteiger partial charge in [0.2, 0.25) is 0 Å². The van der Waals surface area contributed by atoms with Gasteiger partial charge in [0.05, 0.1) is 24.0 Å². The van der Waals surface area contributed by atoms with Crippen molar-refractivity contribution in [2.75, 3.05) is 10.2 Å². The second kappa shape index (κ2) is 9.18. The number of anilines is 2. The van der Waals surface area contributed by atoms with E-state index in [4.69, 9.17) is 0 Å². The molecule has 0 saturated heterocycles. The number of nitrogens with zero attached hydrogens (tertiary/aromatic N) is 3. The fraction of sp³-hybridized carbons (Fsp3) is 0.280. The van der Waals surface area contributed by atoms with Gasteiger partial charge in [0.15, 0.2) is 5.82 Å². The molecule has 3 aromatic rings. The summed E-state index contributed by atoms with van der Waals surface area (Å²) in [5, 5.41) is 12.2. The number of amides is 2. The number of carboxylic acids is 1. The number of benzene rings is 2. The van der Waals surface area contributed by atoms with E-state index in [-0.39, 0.29) is 18.0 Å². The summed E-state index contributed by atoms with van der Waals surface area (Å²) in [4.78, 5) is 35.3. The van der Waals surface area contributed by atoms with Crippen LogP contribution in [-0.2, 0) is 4.79 Å². The predicted octanol–water partition coefficient (Wildman–Crippen LogP) is 5.17. The van der Waals surface area contributed by atoms with Crippen LogP contribution in [0.1, 0.15) is 38.2 Å². The van der Waals surface area contributed by atoms with E-state index >= 15 is 0 Å². The molecule has 0 spiro atoms. The summed E-state index contributed by atoms with van der Waals surface area (Å²) >= 11 is 0. The highest BCUT2D eigenvalue weighted by Gasteiger charge is 2.41. The summed E-state index contributed by atoms with van der Waals surface area (Å²) < 4.78 is 0. The van der Waals surface area contributed by atoms with Gasteiger partial charge in [-0.05, 0) is 30.4 Å². The average molecular weight is 431 g/mol. The van der Waals surface area contributed by atoms with Crippen LogP contribution in [0.15, 0.2) is 67.0 Å². The monoisotopic (exact) mass is 430 g/mol. The summed E-state index contributed by atoms with van der Waals surface area (Å²) in [6.07, 6.45) is 4.01. The summed E-state index contributed by atoms with van der Waals surface area (Å²) in [6, 6.07) is 16.9. The van der Waals surface area contributed by atoms with Crippen LogP contribution in [0.2, 0.25) is 0 Å². The molecule has 4 rings (SSSR count). The van der Waals surface area contributed by atoms with Crippen LogP contribution >= 0.6 is 0 Å². The van der Waals surface area contributed by atoms with Crippen molar-refractivity contribution in [1.82, 2.24) is 9.97 Å². The third kappa shape index (κ3) is 4.46. The van der Waals surface area contributed by atoms with Crippen molar-refractivity contribution in [2.45, 2.75) is 38.6 Å². The lowest BCUT2D eigenvalue weighted by Gasteiger charge is -2.42. The quantitative estimate of drug-likeness (QED) is 0.563. The summed E-state index contributed by atoms with van der Waals surface area (Å²) in [7, 11) is 0. The minimum Gasteiger partial charge on any atom is -0.481 e. The topological polar surface area (TPSA) is 95.4 Å². The van der Waals surface area contributed by atoms with E-state index in [0.717, 1.165) is 16.8 Å². The number of hydrogen-bond acceptors (Lipinski definition) is 4. The molecule has 7 nitrogen and oxygen atoms in total. The van der Waals surface area contributed by atoms with E-state index in [1.54, 1.807) is 11.1 Å². The minimum absolute atomic E-state index is 0.193. The van der Waals surface area contributed by atoms with Gasteiger partial charge < -0.3 is 5.11 Å². The first-order chi connectivity index (χ1) is 15.4. The number of aromatic nitrogens is 2. The standard InChI is InChI=1S/C25H26N4O3/c1-16(2)20-10-6-7-11-22(20)29(19-12-18(13-19)24(30)31)25(32)28-23-15-26-14-21(27-23)17-8-4-3-5-9-17/h3-11,14-16,18-19H,12-13H2,1-2H3,(H,30,31)(H,27,28,32)/t18-,19-. The van der Waals surface area contributed by atoms with Crippen LogP contribution < -0.4 is 10.2 Å². The predicted molar refractivity (Wildman–Crippen MR) is 124 cm³/mol. The number of urea groups is 1. The highest BCUT2D eigenvalue weighted by molar-refractivity contribution is 6.02. The van der Waals surface area contributed by atoms with Crippen LogP contribution in [0.4, 0.5) is 16.3 Å². The maximum atomic E-state index is 13.4. The van der Waals surface area contributed by atoms with Gasteiger partial charge in [-0.2, -0.15) is 0 Å². The second-order valence-corrected chi connectivity index (χ2v) is 8.33. The summed E-state index contributed by atoms with van der Waals surface area (Å²) in [6.45, 7) is 4.15. The average Bonchev–Trinajstić information content (AvgIpc) is 2.76. The molecule has 164 valence electrons. The van der Waals surface area contributed by atoms with Crippen LogP contribution in [0.25, 0.3) is 11.3 Å². The molecule has 2 N–H and O–H groups in total. The highest BCUT2D eigenvalue weighted by Crippen LogP contribution is 2.38. The van der Waals surface area contributed by atoms with Crippen LogP contribution in [-0.4, -0.2) is 33.1 Å². The molecule has 1 heterocycles. The molecule has 1 aliphatic rings. The third-order valence-corrected chi connectivity index (χ3v) is 5.80. The van der Waals surface area contributed by atoms with Crippen LogP contribution in [0.3, 0.4) is 0 Å². The Kier molecular flexibility index (Phi) is 6.16. The molecule has 32 heavy (non-hydrogen) atoms. The Hall–Kier alpha value is -3.74. The molecule has 2 aromatic carbocycles. The first-order valence-corrected chi connectivity index (χ1v) is 10.7. The van der Waals surface area contributed by atoms with Crippen LogP contribution in [0, 0.1) is 5.92 Å².